The van der Waals surface area contributed by atoms with E-state index in [4.69, 9.17) is 22.3 Å². The second-order valence-electron chi connectivity index (χ2n) is 3.39. The highest BCUT2D eigenvalue weighted by Gasteiger charge is 2.16. The fourth-order valence-corrected chi connectivity index (χ4v) is 2.46. The Balaban J connectivity index is 2.41. The van der Waals surface area contributed by atoms with Gasteiger partial charge in [-0.15, -0.1) is 0 Å². The van der Waals surface area contributed by atoms with E-state index < -0.39 is 14.9 Å². The van der Waals surface area contributed by atoms with Gasteiger partial charge in [0.2, 0.25) is 5.95 Å². The van der Waals surface area contributed by atoms with E-state index in [1.807, 2.05) is 0 Å². The number of para-hydroxylation sites is 1. The summed E-state index contributed by atoms with van der Waals surface area (Å²) in [5.41, 5.74) is 0.167. The van der Waals surface area contributed by atoms with Crippen molar-refractivity contribution in [3.05, 3.63) is 41.4 Å². The highest BCUT2D eigenvalue weighted by molar-refractivity contribution is 8.13. The molecular formula is C10H6Cl2FN3O2S. The zero-order valence-electron chi connectivity index (χ0n) is 9.14. The van der Waals surface area contributed by atoms with Crippen molar-refractivity contribution in [2.75, 3.05) is 5.32 Å². The molecule has 0 saturated heterocycles. The lowest BCUT2D eigenvalue weighted by molar-refractivity contribution is 0.609. The summed E-state index contributed by atoms with van der Waals surface area (Å²) in [4.78, 5) is 7.12. The van der Waals surface area contributed by atoms with Gasteiger partial charge in [0.25, 0.3) is 9.05 Å². The molecule has 1 N–H and O–H groups in total. The van der Waals surface area contributed by atoms with Crippen molar-refractivity contribution >= 4 is 43.0 Å². The van der Waals surface area contributed by atoms with Crippen LogP contribution in [-0.2, 0) is 9.05 Å². The van der Waals surface area contributed by atoms with Gasteiger partial charge in [-0.1, -0.05) is 23.7 Å². The molecule has 0 radical (unpaired) electrons. The van der Waals surface area contributed by atoms with Crippen molar-refractivity contribution in [1.29, 1.82) is 0 Å². The normalized spacial score (nSPS) is 11.3. The first kappa shape index (κ1) is 14.0. The number of aromatic nitrogens is 2. The molecule has 1 aromatic heterocycles. The van der Waals surface area contributed by atoms with Gasteiger partial charge in [-0.05, 0) is 12.1 Å². The van der Waals surface area contributed by atoms with Crippen LogP contribution in [0.5, 0.6) is 0 Å². The van der Waals surface area contributed by atoms with Crippen LogP contribution in [0.1, 0.15) is 0 Å². The average Bonchev–Trinajstić information content (AvgIpc) is 2.33. The monoisotopic (exact) mass is 321 g/mol. The molecule has 100 valence electrons. The molecule has 0 amide bonds. The zero-order chi connectivity index (χ0) is 14.0. The Labute approximate surface area is 117 Å². The van der Waals surface area contributed by atoms with Crippen molar-refractivity contribution in [2.24, 2.45) is 0 Å². The third kappa shape index (κ3) is 3.31. The van der Waals surface area contributed by atoms with Crippen LogP contribution in [0.4, 0.5) is 16.0 Å². The van der Waals surface area contributed by atoms with E-state index in [9.17, 15) is 12.8 Å². The van der Waals surface area contributed by atoms with Gasteiger partial charge >= 0.3 is 0 Å². The summed E-state index contributed by atoms with van der Waals surface area (Å²) < 4.78 is 35.6. The van der Waals surface area contributed by atoms with E-state index in [1.54, 1.807) is 6.07 Å². The molecule has 0 aliphatic heterocycles. The Morgan fingerprint density at radius 2 is 1.95 bits per heavy atom. The van der Waals surface area contributed by atoms with Gasteiger partial charge in [-0.25, -0.2) is 17.8 Å². The number of benzene rings is 1. The van der Waals surface area contributed by atoms with Crippen LogP contribution in [0, 0.1) is 5.82 Å². The van der Waals surface area contributed by atoms with E-state index in [2.05, 4.69) is 15.3 Å². The molecule has 1 aromatic carbocycles. The lowest BCUT2D eigenvalue weighted by Crippen LogP contribution is -2.02. The molecule has 1 heterocycles. The van der Waals surface area contributed by atoms with Crippen molar-refractivity contribution < 1.29 is 12.8 Å². The van der Waals surface area contributed by atoms with Crippen LogP contribution in [-0.4, -0.2) is 18.4 Å². The van der Waals surface area contributed by atoms with E-state index >= 15 is 0 Å². The first-order valence-corrected chi connectivity index (χ1v) is 7.55. The van der Waals surface area contributed by atoms with Crippen LogP contribution in [0.15, 0.2) is 35.4 Å². The van der Waals surface area contributed by atoms with Gasteiger partial charge in [0.1, 0.15) is 4.90 Å². The molecule has 0 saturated carbocycles. The Morgan fingerprint density at radius 1 is 1.26 bits per heavy atom. The topological polar surface area (TPSA) is 72.0 Å². The summed E-state index contributed by atoms with van der Waals surface area (Å²) in [5, 5.41) is 2.24. The minimum Gasteiger partial charge on any atom is -0.323 e. The molecule has 2 rings (SSSR count). The number of halogens is 3. The van der Waals surface area contributed by atoms with Crippen molar-refractivity contribution in [3.8, 4) is 0 Å². The fraction of sp³-hybridized carbons (Fsp3) is 0. The Kier molecular flexibility index (Phi) is 3.88. The fourth-order valence-electron chi connectivity index (χ4n) is 1.31. The third-order valence-electron chi connectivity index (χ3n) is 2.10. The standard InChI is InChI=1S/C10H6Cl2FN3O2S/c11-9-6(13)5-14-10(16-9)15-7-3-1-2-4-8(7)19(12,17)18/h1-5H,(H,14,15,16). The highest BCUT2D eigenvalue weighted by Crippen LogP contribution is 2.26. The van der Waals surface area contributed by atoms with E-state index in [-0.39, 0.29) is 21.7 Å². The molecule has 9 heteroatoms. The largest absolute Gasteiger partial charge is 0.323 e. The minimum absolute atomic E-state index is 0.0424. The maximum absolute atomic E-state index is 12.9. The van der Waals surface area contributed by atoms with E-state index in [0.717, 1.165) is 6.20 Å². The highest BCUT2D eigenvalue weighted by atomic mass is 35.7. The predicted molar refractivity (Wildman–Crippen MR) is 69.8 cm³/mol. The van der Waals surface area contributed by atoms with Crippen LogP contribution in [0.25, 0.3) is 0 Å². The van der Waals surface area contributed by atoms with Gasteiger partial charge in [0.15, 0.2) is 11.0 Å². The zero-order valence-corrected chi connectivity index (χ0v) is 11.5. The predicted octanol–water partition coefficient (Wildman–Crippen LogP) is 2.94. The SMILES string of the molecule is O=S(=O)(Cl)c1ccccc1Nc1ncc(F)c(Cl)n1. The molecule has 0 fully saturated rings. The number of anilines is 2. The second kappa shape index (κ2) is 5.28. The smallest absolute Gasteiger partial charge is 0.263 e. The maximum Gasteiger partial charge on any atom is 0.263 e. The summed E-state index contributed by atoms with van der Waals surface area (Å²) >= 11 is 5.50. The first-order valence-electron chi connectivity index (χ1n) is 4.86. The average molecular weight is 322 g/mol. The number of hydrogen-bond acceptors (Lipinski definition) is 5. The van der Waals surface area contributed by atoms with Gasteiger partial charge in [-0.3, -0.25) is 0 Å². The van der Waals surface area contributed by atoms with E-state index in [1.165, 1.54) is 18.2 Å². The molecule has 0 spiro atoms. The molecule has 0 atom stereocenters. The Hall–Kier alpha value is -1.44. The first-order chi connectivity index (χ1) is 8.88. The summed E-state index contributed by atoms with van der Waals surface area (Å²) in [6.45, 7) is 0. The van der Waals surface area contributed by atoms with Crippen molar-refractivity contribution in [1.82, 2.24) is 9.97 Å². The van der Waals surface area contributed by atoms with Crippen LogP contribution in [0.2, 0.25) is 5.15 Å². The van der Waals surface area contributed by atoms with Crippen molar-refractivity contribution in [2.45, 2.75) is 4.90 Å². The molecule has 0 bridgehead atoms. The lowest BCUT2D eigenvalue weighted by Gasteiger charge is -2.08. The van der Waals surface area contributed by atoms with Gasteiger partial charge < -0.3 is 5.32 Å². The Bertz CT molecular complexity index is 724. The van der Waals surface area contributed by atoms with Crippen LogP contribution in [0.3, 0.4) is 0 Å². The Morgan fingerprint density at radius 3 is 2.58 bits per heavy atom. The molecular weight excluding hydrogens is 316 g/mol. The number of nitrogens with zero attached hydrogens (tertiary/aromatic N) is 2. The summed E-state index contributed by atoms with van der Waals surface area (Å²) in [5.74, 6) is -0.815. The van der Waals surface area contributed by atoms with E-state index in [0.29, 0.717) is 0 Å². The van der Waals surface area contributed by atoms with Crippen LogP contribution >= 0.6 is 22.3 Å². The van der Waals surface area contributed by atoms with Gasteiger partial charge in [0.05, 0.1) is 11.9 Å². The maximum atomic E-state index is 12.9. The number of rotatable bonds is 3. The third-order valence-corrected chi connectivity index (χ3v) is 3.74. The molecule has 0 aliphatic carbocycles. The quantitative estimate of drug-likeness (QED) is 0.695. The molecule has 2 aromatic rings. The van der Waals surface area contributed by atoms with Gasteiger partial charge in [0, 0.05) is 10.7 Å². The number of hydrogen-bond donors (Lipinski definition) is 1. The second-order valence-corrected chi connectivity index (χ2v) is 6.28. The molecule has 0 unspecified atom stereocenters. The van der Waals surface area contributed by atoms with Crippen LogP contribution < -0.4 is 5.32 Å². The molecule has 0 aliphatic rings. The van der Waals surface area contributed by atoms with Gasteiger partial charge in [-0.2, -0.15) is 4.98 Å². The van der Waals surface area contributed by atoms with Crippen molar-refractivity contribution in [3.63, 3.8) is 0 Å². The lowest BCUT2D eigenvalue weighted by atomic mass is 10.3. The molecule has 19 heavy (non-hydrogen) atoms. The summed E-state index contributed by atoms with van der Waals surface area (Å²) in [6.07, 6.45) is 0.871. The summed E-state index contributed by atoms with van der Waals surface area (Å²) in [6, 6.07) is 5.89. The number of nitrogens with one attached hydrogen (secondary N) is 1. The molecule has 5 nitrogen and oxygen atoms in total. The summed E-state index contributed by atoms with van der Waals surface area (Å²) in [7, 11) is 1.37. The minimum atomic E-state index is -3.92.